The van der Waals surface area contributed by atoms with Crippen LogP contribution in [-0.4, -0.2) is 78.7 Å². The summed E-state index contributed by atoms with van der Waals surface area (Å²) in [6.45, 7) is 17.9. The molecule has 1 aromatic rings. The molecule has 0 aliphatic carbocycles. The summed E-state index contributed by atoms with van der Waals surface area (Å²) in [6, 6.07) is 7.78. The molecule has 1 heterocycles. The highest BCUT2D eigenvalue weighted by molar-refractivity contribution is 5.92. The number of ether oxygens (including phenoxy) is 2. The fraction of sp³-hybridized carbons (Fsp3) is 0.647. The molecular weight excluding hydrogens is 560 g/mol. The number of nitrogens with zero attached hydrogens (tertiary/aromatic N) is 1. The first-order valence-corrected chi connectivity index (χ1v) is 15.7. The van der Waals surface area contributed by atoms with Gasteiger partial charge in [0.1, 0.15) is 17.7 Å². The van der Waals surface area contributed by atoms with E-state index in [9.17, 15) is 19.2 Å². The first-order chi connectivity index (χ1) is 20.5. The topological polar surface area (TPSA) is 126 Å². The minimum Gasteiger partial charge on any atom is -0.467 e. The van der Waals surface area contributed by atoms with E-state index in [1.54, 1.807) is 0 Å². The Morgan fingerprint density at radius 3 is 2.02 bits per heavy atom. The molecular formula is C34H54N4O6. The van der Waals surface area contributed by atoms with E-state index in [1.807, 2.05) is 80.5 Å². The largest absolute Gasteiger partial charge is 0.467 e. The Morgan fingerprint density at radius 1 is 0.886 bits per heavy atom. The van der Waals surface area contributed by atoms with Gasteiger partial charge in [-0.3, -0.25) is 14.5 Å². The Kier molecular flexibility index (Phi) is 13.9. The summed E-state index contributed by atoms with van der Waals surface area (Å²) in [4.78, 5) is 53.8. The SMILES string of the molecule is COC(=O)[C@@H](NC(=O)[C@@H](NC(=O)C(C)N1CCC(C(C)NC(=O)OC(C)(C)C)=CC(Cc2ccccc2)C1)C(C)C)C(C)C. The fourth-order valence-corrected chi connectivity index (χ4v) is 5.28. The molecule has 2 rings (SSSR count). The summed E-state index contributed by atoms with van der Waals surface area (Å²) in [7, 11) is 1.29. The Hall–Kier alpha value is -3.40. The molecule has 0 fully saturated rings. The molecule has 0 aromatic heterocycles. The van der Waals surface area contributed by atoms with Gasteiger partial charge in [-0.2, -0.15) is 0 Å². The van der Waals surface area contributed by atoms with Crippen LogP contribution in [0.3, 0.4) is 0 Å². The highest BCUT2D eigenvalue weighted by Crippen LogP contribution is 2.24. The summed E-state index contributed by atoms with van der Waals surface area (Å²) in [5.74, 6) is -1.51. The third kappa shape index (κ3) is 11.6. The Bertz CT molecular complexity index is 1140. The molecule has 1 aliphatic rings. The van der Waals surface area contributed by atoms with Crippen LogP contribution in [0.25, 0.3) is 0 Å². The maximum Gasteiger partial charge on any atom is 0.408 e. The molecule has 0 radical (unpaired) electrons. The van der Waals surface area contributed by atoms with Crippen molar-refractivity contribution in [3.05, 3.63) is 47.5 Å². The van der Waals surface area contributed by atoms with Crippen molar-refractivity contribution >= 4 is 23.9 Å². The number of alkyl carbamates (subject to hydrolysis) is 1. The minimum atomic E-state index is -0.824. The van der Waals surface area contributed by atoms with Crippen LogP contribution in [0.5, 0.6) is 0 Å². The van der Waals surface area contributed by atoms with Gasteiger partial charge in [0, 0.05) is 13.1 Å². The van der Waals surface area contributed by atoms with E-state index < -0.39 is 41.7 Å². The number of hydrogen-bond acceptors (Lipinski definition) is 7. The number of carbonyl (C=O) groups is 4. The molecule has 0 spiro atoms. The molecule has 0 bridgehead atoms. The number of methoxy groups -OCH3 is 1. The van der Waals surface area contributed by atoms with Crippen LogP contribution in [0.2, 0.25) is 0 Å². The van der Waals surface area contributed by atoms with E-state index >= 15 is 0 Å². The molecule has 1 aromatic carbocycles. The number of hydrogen-bond donors (Lipinski definition) is 3. The third-order valence-corrected chi connectivity index (χ3v) is 7.83. The average molecular weight is 615 g/mol. The molecule has 0 saturated heterocycles. The van der Waals surface area contributed by atoms with Crippen LogP contribution in [-0.2, 0) is 30.3 Å². The first-order valence-electron chi connectivity index (χ1n) is 15.7. The molecule has 246 valence electrons. The number of benzene rings is 1. The summed E-state index contributed by atoms with van der Waals surface area (Å²) < 4.78 is 10.3. The van der Waals surface area contributed by atoms with Crippen molar-refractivity contribution < 1.29 is 28.7 Å². The van der Waals surface area contributed by atoms with Crippen molar-refractivity contribution in [1.29, 1.82) is 0 Å². The lowest BCUT2D eigenvalue weighted by Gasteiger charge is -2.32. The summed E-state index contributed by atoms with van der Waals surface area (Å²) in [5, 5.41) is 8.68. The summed E-state index contributed by atoms with van der Waals surface area (Å²) >= 11 is 0. The first kappa shape index (κ1) is 36.8. The van der Waals surface area contributed by atoms with Gasteiger partial charge >= 0.3 is 12.1 Å². The second-order valence-corrected chi connectivity index (χ2v) is 13.5. The van der Waals surface area contributed by atoms with Crippen molar-refractivity contribution in [2.24, 2.45) is 17.8 Å². The maximum atomic E-state index is 13.6. The molecule has 0 saturated carbocycles. The van der Waals surface area contributed by atoms with Crippen molar-refractivity contribution in [2.75, 3.05) is 20.2 Å². The van der Waals surface area contributed by atoms with Gasteiger partial charge in [0.2, 0.25) is 11.8 Å². The Labute approximate surface area is 263 Å². The van der Waals surface area contributed by atoms with Crippen molar-refractivity contribution in [3.8, 4) is 0 Å². The molecule has 5 atom stereocenters. The van der Waals surface area contributed by atoms with E-state index in [1.165, 1.54) is 12.7 Å². The summed E-state index contributed by atoms with van der Waals surface area (Å²) in [6.07, 6.45) is 3.19. The predicted octanol–water partition coefficient (Wildman–Crippen LogP) is 4.23. The van der Waals surface area contributed by atoms with Crippen LogP contribution < -0.4 is 16.0 Å². The van der Waals surface area contributed by atoms with Crippen LogP contribution in [0.15, 0.2) is 42.0 Å². The van der Waals surface area contributed by atoms with E-state index in [2.05, 4.69) is 39.1 Å². The van der Waals surface area contributed by atoms with Crippen molar-refractivity contribution in [3.63, 3.8) is 0 Å². The summed E-state index contributed by atoms with van der Waals surface area (Å²) in [5.41, 5.74) is 1.66. The van der Waals surface area contributed by atoms with Crippen LogP contribution >= 0.6 is 0 Å². The normalized spacial score (nSPS) is 18.7. The zero-order valence-corrected chi connectivity index (χ0v) is 28.2. The van der Waals surface area contributed by atoms with Crippen LogP contribution in [0.4, 0.5) is 4.79 Å². The quantitative estimate of drug-likeness (QED) is 0.238. The molecule has 3 amide bonds. The monoisotopic (exact) mass is 614 g/mol. The van der Waals surface area contributed by atoms with Gasteiger partial charge in [-0.15, -0.1) is 0 Å². The van der Waals surface area contributed by atoms with Gasteiger partial charge in [0.05, 0.1) is 19.2 Å². The van der Waals surface area contributed by atoms with E-state index in [0.717, 1.165) is 12.0 Å². The number of nitrogens with one attached hydrogen (secondary N) is 3. The lowest BCUT2D eigenvalue weighted by molar-refractivity contribution is -0.147. The van der Waals surface area contributed by atoms with Gasteiger partial charge in [-0.25, -0.2) is 9.59 Å². The smallest absolute Gasteiger partial charge is 0.408 e. The molecule has 1 aliphatic heterocycles. The molecule has 10 nitrogen and oxygen atoms in total. The number of amides is 3. The van der Waals surface area contributed by atoms with Gasteiger partial charge in [-0.1, -0.05) is 69.7 Å². The van der Waals surface area contributed by atoms with Gasteiger partial charge < -0.3 is 25.4 Å². The Balaban J connectivity index is 2.21. The highest BCUT2D eigenvalue weighted by Gasteiger charge is 2.34. The second-order valence-electron chi connectivity index (χ2n) is 13.5. The van der Waals surface area contributed by atoms with Crippen LogP contribution in [0, 0.1) is 17.8 Å². The fourth-order valence-electron chi connectivity index (χ4n) is 5.28. The van der Waals surface area contributed by atoms with Gasteiger partial charge in [0.15, 0.2) is 0 Å². The van der Waals surface area contributed by atoms with E-state index in [4.69, 9.17) is 9.47 Å². The van der Waals surface area contributed by atoms with Crippen molar-refractivity contribution in [2.45, 2.75) is 105 Å². The number of carbonyl (C=O) groups excluding carboxylic acids is 4. The number of rotatable bonds is 12. The lowest BCUT2D eigenvalue weighted by atomic mass is 9.94. The number of esters is 1. The lowest BCUT2D eigenvalue weighted by Crippen LogP contribution is -2.58. The minimum absolute atomic E-state index is 0.0871. The average Bonchev–Trinajstić information content (AvgIpc) is 3.15. The molecule has 44 heavy (non-hydrogen) atoms. The third-order valence-electron chi connectivity index (χ3n) is 7.83. The van der Waals surface area contributed by atoms with Crippen LogP contribution in [0.1, 0.15) is 74.3 Å². The predicted molar refractivity (Wildman–Crippen MR) is 172 cm³/mol. The molecule has 3 unspecified atom stereocenters. The van der Waals surface area contributed by atoms with E-state index in [0.29, 0.717) is 19.5 Å². The van der Waals surface area contributed by atoms with Gasteiger partial charge in [0.25, 0.3) is 0 Å². The zero-order chi connectivity index (χ0) is 33.2. The molecule has 10 heteroatoms. The molecule has 3 N–H and O–H groups in total. The Morgan fingerprint density at radius 2 is 1.48 bits per heavy atom. The zero-order valence-electron chi connectivity index (χ0n) is 28.2. The second kappa shape index (κ2) is 16.6. The van der Waals surface area contributed by atoms with E-state index in [-0.39, 0.29) is 29.7 Å². The maximum absolute atomic E-state index is 13.6. The highest BCUT2D eigenvalue weighted by atomic mass is 16.6. The van der Waals surface area contributed by atoms with Gasteiger partial charge in [-0.05, 0) is 70.8 Å². The standard InChI is InChI=1S/C34H54N4O6/c1-21(2)28(31(40)37-29(22(3)4)32(41)43-10)36-30(39)24(6)38-17-16-27(23(5)35-33(42)44-34(7,8)9)19-26(20-38)18-25-14-12-11-13-15-25/h11-15,19,21-24,26,28-29H,16-18,20H2,1-10H3,(H,35,42)(H,36,39)(H,37,40)/t23?,24?,26?,28-,29-/m0/s1. The van der Waals surface area contributed by atoms with Crippen molar-refractivity contribution in [1.82, 2.24) is 20.9 Å².